The summed E-state index contributed by atoms with van der Waals surface area (Å²) in [5, 5.41) is 11.4. The molecule has 2 bridgehead atoms. The van der Waals surface area contributed by atoms with E-state index in [2.05, 4.69) is 20.8 Å². The Morgan fingerprint density at radius 1 is 1.33 bits per heavy atom. The highest BCUT2D eigenvalue weighted by atomic mass is 32.2. The van der Waals surface area contributed by atoms with Gasteiger partial charge in [-0.1, -0.05) is 20.8 Å². The molecular weight excluding hydrogens is 264 g/mol. The van der Waals surface area contributed by atoms with Crippen LogP contribution in [0.2, 0.25) is 0 Å². The zero-order chi connectivity index (χ0) is 13.2. The second-order valence-corrected chi connectivity index (χ2v) is 10.2. The lowest BCUT2D eigenvalue weighted by Crippen LogP contribution is -2.56. The minimum Gasteiger partial charge on any atom is -0.387 e. The molecule has 0 aromatic rings. The fraction of sp³-hybridized carbons (Fsp3) is 1.00. The van der Waals surface area contributed by atoms with Gasteiger partial charge >= 0.3 is 0 Å². The summed E-state index contributed by atoms with van der Waals surface area (Å²) in [4.78, 5) is 0. The first-order chi connectivity index (χ1) is 8.33. The molecule has 1 heterocycles. The third kappa shape index (κ3) is 1.43. The van der Waals surface area contributed by atoms with Crippen LogP contribution in [0.15, 0.2) is 0 Å². The lowest BCUT2D eigenvalue weighted by atomic mass is 9.65. The first-order valence-corrected chi connectivity index (χ1v) is 9.47. The Morgan fingerprint density at radius 2 is 2.06 bits per heavy atom. The maximum Gasteiger partial charge on any atom is 0.109 e. The maximum atomic E-state index is 12.3. The standard InChI is InChI=1S/C14H24O2S2/c1-12(2)10-5-6-13(12,3)14(15,9-10)11-17-7-4-8-18(11)16/h10-11,15H,4-9H2,1-3H3/t10-,11-,13-,14+,18?/m0/s1. The Balaban J connectivity index is 1.99. The quantitative estimate of drug-likeness (QED) is 0.806. The Labute approximate surface area is 117 Å². The highest BCUT2D eigenvalue weighted by Gasteiger charge is 2.71. The van der Waals surface area contributed by atoms with E-state index in [9.17, 15) is 9.32 Å². The van der Waals surface area contributed by atoms with Gasteiger partial charge in [-0.15, -0.1) is 11.8 Å². The maximum absolute atomic E-state index is 12.3. The number of thioether (sulfide) groups is 1. The van der Waals surface area contributed by atoms with E-state index >= 15 is 0 Å². The van der Waals surface area contributed by atoms with Crippen molar-refractivity contribution in [1.82, 2.24) is 0 Å². The van der Waals surface area contributed by atoms with Gasteiger partial charge in [0, 0.05) is 22.0 Å². The Hall–Kier alpha value is 0.460. The predicted molar refractivity (Wildman–Crippen MR) is 78.1 cm³/mol. The first kappa shape index (κ1) is 13.4. The van der Waals surface area contributed by atoms with Crippen LogP contribution >= 0.6 is 11.8 Å². The van der Waals surface area contributed by atoms with Gasteiger partial charge in [-0.05, 0) is 42.8 Å². The number of fused-ring (bicyclic) bond motifs is 2. The van der Waals surface area contributed by atoms with Gasteiger partial charge in [0.2, 0.25) is 0 Å². The van der Waals surface area contributed by atoms with E-state index in [1.54, 1.807) is 11.8 Å². The van der Waals surface area contributed by atoms with Crippen LogP contribution in [-0.4, -0.2) is 31.0 Å². The summed E-state index contributed by atoms with van der Waals surface area (Å²) in [6, 6.07) is 0. The largest absolute Gasteiger partial charge is 0.387 e. The van der Waals surface area contributed by atoms with Crippen molar-refractivity contribution in [2.24, 2.45) is 16.7 Å². The van der Waals surface area contributed by atoms with Gasteiger partial charge in [0.1, 0.15) is 4.58 Å². The fourth-order valence-corrected chi connectivity index (χ4v) is 8.57. The van der Waals surface area contributed by atoms with Crippen LogP contribution in [0.25, 0.3) is 0 Å². The lowest BCUT2D eigenvalue weighted by Gasteiger charge is -2.49. The second kappa shape index (κ2) is 3.98. The van der Waals surface area contributed by atoms with Crippen molar-refractivity contribution in [3.63, 3.8) is 0 Å². The minimum atomic E-state index is -0.855. The molecule has 5 atom stereocenters. The zero-order valence-electron chi connectivity index (χ0n) is 11.6. The van der Waals surface area contributed by atoms with Gasteiger partial charge in [0.25, 0.3) is 0 Å². The molecule has 3 rings (SSSR count). The van der Waals surface area contributed by atoms with Crippen LogP contribution in [0.5, 0.6) is 0 Å². The highest BCUT2D eigenvalue weighted by Crippen LogP contribution is 2.71. The minimum absolute atomic E-state index is 0.0548. The molecular formula is C14H24O2S2. The van der Waals surface area contributed by atoms with Gasteiger partial charge in [0.05, 0.1) is 5.60 Å². The number of hydrogen-bond acceptors (Lipinski definition) is 3. The lowest BCUT2D eigenvalue weighted by molar-refractivity contribution is -0.0771. The van der Waals surface area contributed by atoms with E-state index < -0.39 is 16.4 Å². The van der Waals surface area contributed by atoms with E-state index in [4.69, 9.17) is 0 Å². The molecule has 3 aliphatic rings. The monoisotopic (exact) mass is 288 g/mol. The molecule has 104 valence electrons. The number of hydrogen-bond donors (Lipinski definition) is 1. The van der Waals surface area contributed by atoms with Crippen molar-refractivity contribution in [2.45, 2.75) is 56.6 Å². The van der Waals surface area contributed by atoms with Crippen molar-refractivity contribution in [3.8, 4) is 0 Å². The fourth-order valence-electron chi connectivity index (χ4n) is 4.62. The van der Waals surface area contributed by atoms with Crippen LogP contribution in [-0.2, 0) is 10.8 Å². The third-order valence-electron chi connectivity index (χ3n) is 6.34. The van der Waals surface area contributed by atoms with Crippen LogP contribution in [0.1, 0.15) is 46.5 Å². The average Bonchev–Trinajstić information content (AvgIpc) is 2.61. The van der Waals surface area contributed by atoms with Gasteiger partial charge in [0.15, 0.2) is 0 Å². The molecule has 0 amide bonds. The molecule has 3 fully saturated rings. The van der Waals surface area contributed by atoms with E-state index in [-0.39, 0.29) is 15.4 Å². The molecule has 0 aromatic heterocycles. The first-order valence-electron chi connectivity index (χ1n) is 7.04. The highest BCUT2D eigenvalue weighted by molar-refractivity contribution is 8.12. The van der Waals surface area contributed by atoms with Crippen molar-refractivity contribution in [3.05, 3.63) is 0 Å². The molecule has 18 heavy (non-hydrogen) atoms. The Morgan fingerprint density at radius 3 is 2.56 bits per heavy atom. The van der Waals surface area contributed by atoms with Crippen molar-refractivity contribution in [1.29, 1.82) is 0 Å². The third-order valence-corrected chi connectivity index (χ3v) is 10.2. The Kier molecular flexibility index (Phi) is 2.98. The van der Waals surface area contributed by atoms with Crippen molar-refractivity contribution >= 4 is 22.6 Å². The molecule has 1 unspecified atom stereocenters. The summed E-state index contributed by atoms with van der Waals surface area (Å²) in [5.41, 5.74) is -0.589. The SMILES string of the molecule is CC1(C)[C@H]2CC[C@]1(C)[C@](O)([C@H]1SCCCS1=O)C2. The second-order valence-electron chi connectivity index (χ2n) is 7.06. The van der Waals surface area contributed by atoms with E-state index in [1.165, 1.54) is 6.42 Å². The summed E-state index contributed by atoms with van der Waals surface area (Å²) < 4.78 is 12.3. The molecule has 1 aliphatic heterocycles. The van der Waals surface area contributed by atoms with E-state index in [0.717, 1.165) is 30.8 Å². The zero-order valence-corrected chi connectivity index (χ0v) is 13.2. The summed E-state index contributed by atoms with van der Waals surface area (Å²) in [7, 11) is -0.855. The molecule has 0 radical (unpaired) electrons. The molecule has 2 saturated carbocycles. The number of aliphatic hydroxyl groups is 1. The molecule has 4 heteroatoms. The molecule has 0 spiro atoms. The molecule has 1 saturated heterocycles. The normalized spacial score (nSPS) is 54.8. The summed E-state index contributed by atoms with van der Waals surface area (Å²) >= 11 is 1.76. The Bertz CT molecular complexity index is 395. The summed E-state index contributed by atoms with van der Waals surface area (Å²) in [5.74, 6) is 2.44. The molecule has 1 N–H and O–H groups in total. The van der Waals surface area contributed by atoms with E-state index in [0.29, 0.717) is 5.92 Å². The van der Waals surface area contributed by atoms with Crippen LogP contribution < -0.4 is 0 Å². The van der Waals surface area contributed by atoms with Gasteiger partial charge in [-0.3, -0.25) is 4.21 Å². The molecule has 2 aliphatic carbocycles. The van der Waals surface area contributed by atoms with Gasteiger partial charge in [-0.25, -0.2) is 0 Å². The number of rotatable bonds is 1. The van der Waals surface area contributed by atoms with Gasteiger partial charge < -0.3 is 5.11 Å². The van der Waals surface area contributed by atoms with E-state index in [1.807, 2.05) is 0 Å². The topological polar surface area (TPSA) is 37.3 Å². The van der Waals surface area contributed by atoms with Crippen molar-refractivity contribution < 1.29 is 9.32 Å². The van der Waals surface area contributed by atoms with Crippen LogP contribution in [0.4, 0.5) is 0 Å². The van der Waals surface area contributed by atoms with Crippen LogP contribution in [0, 0.1) is 16.7 Å². The smallest absolute Gasteiger partial charge is 0.109 e. The van der Waals surface area contributed by atoms with Crippen molar-refractivity contribution in [2.75, 3.05) is 11.5 Å². The predicted octanol–water partition coefficient (Wildman–Crippen LogP) is 2.78. The molecule has 2 nitrogen and oxygen atoms in total. The average molecular weight is 288 g/mol. The summed E-state index contributed by atoms with van der Waals surface area (Å²) in [6.45, 7) is 6.85. The summed E-state index contributed by atoms with van der Waals surface area (Å²) in [6.07, 6.45) is 4.22. The molecule has 0 aromatic carbocycles. The van der Waals surface area contributed by atoms with Gasteiger partial charge in [-0.2, -0.15) is 0 Å². The van der Waals surface area contributed by atoms with Crippen LogP contribution in [0.3, 0.4) is 0 Å².